The van der Waals surface area contributed by atoms with Crippen molar-refractivity contribution in [1.29, 1.82) is 0 Å². The van der Waals surface area contributed by atoms with Gasteiger partial charge in [-0.05, 0) is 43.0 Å². The van der Waals surface area contributed by atoms with E-state index < -0.39 is 41.8 Å². The summed E-state index contributed by atoms with van der Waals surface area (Å²) in [5, 5.41) is 0. The number of benzene rings is 1. The van der Waals surface area contributed by atoms with Gasteiger partial charge in [-0.25, -0.2) is 4.79 Å². The summed E-state index contributed by atoms with van der Waals surface area (Å²) in [5.74, 6) is -4.81. The van der Waals surface area contributed by atoms with Crippen LogP contribution >= 0.6 is 0 Å². The largest absolute Gasteiger partial charge is 0.464 e. The maximum atomic E-state index is 13.1. The quantitative estimate of drug-likeness (QED) is 0.251. The summed E-state index contributed by atoms with van der Waals surface area (Å²) in [6.45, 7) is 7.31. The van der Waals surface area contributed by atoms with Crippen molar-refractivity contribution < 1.29 is 47.7 Å². The van der Waals surface area contributed by atoms with Gasteiger partial charge in [-0.2, -0.15) is 0 Å². The van der Waals surface area contributed by atoms with E-state index in [0.717, 1.165) is 0 Å². The van der Waals surface area contributed by atoms with Gasteiger partial charge in [0.05, 0.1) is 13.2 Å². The number of ketones is 1. The van der Waals surface area contributed by atoms with Crippen molar-refractivity contribution in [1.82, 2.24) is 0 Å². The number of ether oxygens (including phenoxy) is 5. The molecule has 1 aliphatic rings. The van der Waals surface area contributed by atoms with Crippen LogP contribution in [0.5, 0.6) is 5.75 Å². The van der Waals surface area contributed by atoms with Crippen molar-refractivity contribution in [3.63, 3.8) is 0 Å². The summed E-state index contributed by atoms with van der Waals surface area (Å²) in [6, 6.07) is 6.14. The van der Waals surface area contributed by atoms with Crippen LogP contribution in [0, 0.1) is 17.8 Å². The summed E-state index contributed by atoms with van der Waals surface area (Å²) in [7, 11) is 1.21. The first-order valence-electron chi connectivity index (χ1n) is 11.7. The van der Waals surface area contributed by atoms with Gasteiger partial charge in [0, 0.05) is 38.2 Å². The summed E-state index contributed by atoms with van der Waals surface area (Å²) in [4.78, 5) is 59.4. The lowest BCUT2D eigenvalue weighted by molar-refractivity contribution is -0.279. The minimum atomic E-state index is -1.87. The van der Waals surface area contributed by atoms with Crippen molar-refractivity contribution in [3.05, 3.63) is 29.8 Å². The van der Waals surface area contributed by atoms with E-state index in [9.17, 15) is 24.0 Å². The summed E-state index contributed by atoms with van der Waals surface area (Å²) < 4.78 is 28.0. The molecule has 0 amide bonds. The second kappa shape index (κ2) is 12.6. The number of Topliss-reactive ketones (excluding diaryl/α,β-unsaturated/α-hetero) is 1. The van der Waals surface area contributed by atoms with Gasteiger partial charge in [0.25, 0.3) is 0 Å². The zero-order chi connectivity index (χ0) is 27.0. The maximum Gasteiger partial charge on any atom is 0.379 e. The van der Waals surface area contributed by atoms with E-state index in [1.165, 1.54) is 52.1 Å². The second-order valence-corrected chi connectivity index (χ2v) is 9.18. The summed E-state index contributed by atoms with van der Waals surface area (Å²) >= 11 is 0. The Morgan fingerprint density at radius 3 is 2.25 bits per heavy atom. The van der Waals surface area contributed by atoms with Crippen molar-refractivity contribution >= 4 is 30.0 Å². The third kappa shape index (κ3) is 7.36. The number of esters is 3. The highest BCUT2D eigenvalue weighted by Gasteiger charge is 2.55. The first kappa shape index (κ1) is 29.0. The number of hydrogen-bond donors (Lipinski definition) is 0. The lowest BCUT2D eigenvalue weighted by Gasteiger charge is -2.48. The molecular weight excluding hydrogens is 472 g/mol. The molecule has 6 atom stereocenters. The third-order valence-electron chi connectivity index (χ3n) is 6.26. The molecule has 1 heterocycles. The van der Waals surface area contributed by atoms with Crippen LogP contribution in [0.25, 0.3) is 0 Å². The van der Waals surface area contributed by atoms with Crippen LogP contribution in [0.1, 0.15) is 57.8 Å². The van der Waals surface area contributed by atoms with E-state index in [-0.39, 0.29) is 42.8 Å². The number of hydrogen-bond acceptors (Lipinski definition) is 10. The minimum absolute atomic E-state index is 0.0763. The minimum Gasteiger partial charge on any atom is -0.464 e. The number of aldehydes is 1. The Kier molecular flexibility index (Phi) is 10.2. The van der Waals surface area contributed by atoms with Gasteiger partial charge in [0.1, 0.15) is 30.5 Å². The molecule has 0 unspecified atom stereocenters. The molecule has 2 rings (SSSR count). The van der Waals surface area contributed by atoms with Crippen LogP contribution in [-0.2, 0) is 38.1 Å². The Balaban J connectivity index is 2.50. The summed E-state index contributed by atoms with van der Waals surface area (Å²) in [6.07, 6.45) is -0.800. The lowest BCUT2D eigenvalue weighted by Crippen LogP contribution is -2.60. The Morgan fingerprint density at radius 2 is 1.75 bits per heavy atom. The fourth-order valence-corrected chi connectivity index (χ4v) is 4.52. The van der Waals surface area contributed by atoms with Gasteiger partial charge in [0.15, 0.2) is 0 Å². The van der Waals surface area contributed by atoms with Crippen molar-refractivity contribution in [3.8, 4) is 5.75 Å². The molecule has 0 radical (unpaired) electrons. The van der Waals surface area contributed by atoms with Crippen LogP contribution in [0.3, 0.4) is 0 Å². The molecule has 0 aromatic heterocycles. The van der Waals surface area contributed by atoms with Gasteiger partial charge in [0.2, 0.25) is 0 Å². The van der Waals surface area contributed by atoms with Gasteiger partial charge in [-0.15, -0.1) is 0 Å². The normalized spacial score (nSPS) is 25.1. The Hall–Kier alpha value is -3.27. The highest BCUT2D eigenvalue weighted by molar-refractivity contribution is 5.79. The zero-order valence-electron chi connectivity index (χ0n) is 21.5. The fraction of sp³-hybridized carbons (Fsp3) is 0.577. The fourth-order valence-electron chi connectivity index (χ4n) is 4.52. The molecule has 1 aliphatic heterocycles. The molecule has 0 bridgehead atoms. The molecule has 0 aliphatic carbocycles. The second-order valence-electron chi connectivity index (χ2n) is 9.18. The number of methoxy groups -OCH3 is 1. The van der Waals surface area contributed by atoms with Gasteiger partial charge < -0.3 is 28.5 Å². The van der Waals surface area contributed by atoms with E-state index in [1.807, 2.05) is 6.92 Å². The van der Waals surface area contributed by atoms with Crippen LogP contribution < -0.4 is 4.74 Å². The smallest absolute Gasteiger partial charge is 0.379 e. The highest BCUT2D eigenvalue weighted by Crippen LogP contribution is 2.44. The van der Waals surface area contributed by atoms with E-state index >= 15 is 0 Å². The molecule has 10 nitrogen and oxygen atoms in total. The molecule has 1 aromatic carbocycles. The van der Waals surface area contributed by atoms with Gasteiger partial charge in [-0.3, -0.25) is 14.4 Å². The standard InChI is InChI=1S/C26H34O10/c1-15-12-26(25(31)32-6,35-21-9-7-20(13-27)8-10-21)36-24(22(15)11-16(2)28)17(3)23(34-19(5)30)14-33-18(4)29/h7-10,13,15,17,22-24H,11-12,14H2,1-6H3/t15-,17+,22+,23+,24-,26+/m0/s1. The van der Waals surface area contributed by atoms with Crippen molar-refractivity contribution in [2.75, 3.05) is 13.7 Å². The molecule has 1 aromatic rings. The average molecular weight is 507 g/mol. The summed E-state index contributed by atoms with van der Waals surface area (Å²) in [5.41, 5.74) is 0.426. The van der Waals surface area contributed by atoms with E-state index in [0.29, 0.717) is 11.8 Å². The first-order chi connectivity index (χ1) is 16.9. The average Bonchev–Trinajstić information content (AvgIpc) is 2.82. The maximum absolute atomic E-state index is 13.1. The SMILES string of the molecule is COC(=O)[C@@]1(Oc2ccc(C=O)cc2)C[C@H](C)[C@@H](CC(C)=O)[C@H]([C@H](C)[C@@H](COC(C)=O)OC(C)=O)O1. The van der Waals surface area contributed by atoms with Crippen LogP contribution in [-0.4, -0.2) is 61.7 Å². The Bertz CT molecular complexity index is 956. The topological polar surface area (TPSA) is 132 Å². The molecule has 0 saturated carbocycles. The number of carbonyl (C=O) groups excluding carboxylic acids is 5. The Morgan fingerprint density at radius 1 is 1.11 bits per heavy atom. The number of rotatable bonds is 11. The molecule has 10 heteroatoms. The molecular formula is C26H34O10. The molecule has 36 heavy (non-hydrogen) atoms. The van der Waals surface area contributed by atoms with Crippen molar-refractivity contribution in [2.24, 2.45) is 17.8 Å². The molecule has 0 N–H and O–H groups in total. The lowest BCUT2D eigenvalue weighted by atomic mass is 9.73. The third-order valence-corrected chi connectivity index (χ3v) is 6.26. The van der Waals surface area contributed by atoms with Crippen molar-refractivity contribution in [2.45, 2.75) is 65.5 Å². The monoisotopic (exact) mass is 506 g/mol. The molecule has 198 valence electrons. The first-order valence-corrected chi connectivity index (χ1v) is 11.7. The van der Waals surface area contributed by atoms with Gasteiger partial charge >= 0.3 is 23.7 Å². The van der Waals surface area contributed by atoms with E-state index in [4.69, 9.17) is 23.7 Å². The number of carbonyl (C=O) groups is 5. The van der Waals surface area contributed by atoms with Crippen LogP contribution in [0.2, 0.25) is 0 Å². The Labute approximate surface area is 210 Å². The zero-order valence-corrected chi connectivity index (χ0v) is 21.5. The highest BCUT2D eigenvalue weighted by atomic mass is 16.7. The molecule has 0 spiro atoms. The molecule has 1 fully saturated rings. The van der Waals surface area contributed by atoms with E-state index in [1.54, 1.807) is 6.92 Å². The van der Waals surface area contributed by atoms with E-state index in [2.05, 4.69) is 0 Å². The van der Waals surface area contributed by atoms with Crippen LogP contribution in [0.15, 0.2) is 24.3 Å². The van der Waals surface area contributed by atoms with Crippen LogP contribution in [0.4, 0.5) is 0 Å². The molecule has 1 saturated heterocycles. The predicted molar refractivity (Wildman–Crippen MR) is 126 cm³/mol. The predicted octanol–water partition coefficient (Wildman–Crippen LogP) is 2.90. The van der Waals surface area contributed by atoms with Gasteiger partial charge in [-0.1, -0.05) is 13.8 Å².